The summed E-state index contributed by atoms with van der Waals surface area (Å²) in [6.45, 7) is 3.84. The first kappa shape index (κ1) is 17.8. The van der Waals surface area contributed by atoms with E-state index in [1.165, 1.54) is 6.42 Å². The molecule has 1 aromatic rings. The molecule has 1 aromatic carbocycles. The minimum atomic E-state index is -0.306. The molecule has 2 saturated heterocycles. The maximum absolute atomic E-state index is 13.3. The van der Waals surface area contributed by atoms with E-state index in [0.29, 0.717) is 22.4 Å². The average molecular weight is 375 g/mol. The van der Waals surface area contributed by atoms with Crippen molar-refractivity contribution in [1.29, 1.82) is 0 Å². The molecule has 5 heteroatoms. The van der Waals surface area contributed by atoms with Crippen molar-refractivity contribution in [3.05, 3.63) is 34.9 Å². The van der Waals surface area contributed by atoms with E-state index < -0.39 is 0 Å². The zero-order valence-corrected chi connectivity index (χ0v) is 16.1. The SMILES string of the molecule is CC1CCN(C(=O)C2CC3CCCCC3N2C(=O)c2cccc(Cl)c2)C1. The van der Waals surface area contributed by atoms with Crippen LogP contribution >= 0.6 is 11.6 Å². The highest BCUT2D eigenvalue weighted by Gasteiger charge is 2.49. The number of carbonyl (C=O) groups is 2. The molecule has 2 amide bonds. The van der Waals surface area contributed by atoms with Crippen molar-refractivity contribution >= 4 is 23.4 Å². The van der Waals surface area contributed by atoms with Crippen LogP contribution in [-0.2, 0) is 4.79 Å². The number of fused-ring (bicyclic) bond motifs is 1. The van der Waals surface area contributed by atoms with E-state index in [1.54, 1.807) is 12.1 Å². The van der Waals surface area contributed by atoms with Gasteiger partial charge in [-0.05, 0) is 55.7 Å². The van der Waals surface area contributed by atoms with Crippen LogP contribution in [-0.4, -0.2) is 46.8 Å². The highest BCUT2D eigenvalue weighted by molar-refractivity contribution is 6.31. The van der Waals surface area contributed by atoms with E-state index in [0.717, 1.165) is 45.2 Å². The van der Waals surface area contributed by atoms with Gasteiger partial charge in [0.2, 0.25) is 5.91 Å². The zero-order chi connectivity index (χ0) is 18.3. The third-order valence-corrected chi connectivity index (χ3v) is 6.65. The second-order valence-electron chi connectivity index (χ2n) is 8.26. The fraction of sp³-hybridized carbons (Fsp3) is 0.619. The lowest BCUT2D eigenvalue weighted by molar-refractivity contribution is -0.134. The molecule has 2 aliphatic heterocycles. The summed E-state index contributed by atoms with van der Waals surface area (Å²) in [5.41, 5.74) is 0.594. The Balaban J connectivity index is 1.63. The largest absolute Gasteiger partial charge is 0.341 e. The number of amides is 2. The molecular weight excluding hydrogens is 348 g/mol. The normalized spacial score (nSPS) is 31.2. The third-order valence-electron chi connectivity index (χ3n) is 6.41. The molecule has 0 radical (unpaired) electrons. The van der Waals surface area contributed by atoms with Crippen LogP contribution in [0.3, 0.4) is 0 Å². The van der Waals surface area contributed by atoms with Gasteiger partial charge < -0.3 is 9.80 Å². The van der Waals surface area contributed by atoms with E-state index >= 15 is 0 Å². The van der Waals surface area contributed by atoms with Crippen molar-refractivity contribution in [2.24, 2.45) is 11.8 Å². The highest BCUT2D eigenvalue weighted by Crippen LogP contribution is 2.41. The molecule has 2 heterocycles. The van der Waals surface area contributed by atoms with E-state index in [9.17, 15) is 9.59 Å². The van der Waals surface area contributed by atoms with Gasteiger partial charge in [-0.15, -0.1) is 0 Å². The predicted molar refractivity (Wildman–Crippen MR) is 102 cm³/mol. The topological polar surface area (TPSA) is 40.6 Å². The van der Waals surface area contributed by atoms with Crippen LogP contribution in [0.5, 0.6) is 0 Å². The summed E-state index contributed by atoms with van der Waals surface area (Å²) in [7, 11) is 0. The molecule has 4 atom stereocenters. The van der Waals surface area contributed by atoms with Crippen molar-refractivity contribution in [3.63, 3.8) is 0 Å². The summed E-state index contributed by atoms with van der Waals surface area (Å²) in [6, 6.07) is 7.01. The Morgan fingerprint density at radius 1 is 1.15 bits per heavy atom. The minimum absolute atomic E-state index is 0.0347. The first-order valence-corrected chi connectivity index (χ1v) is 10.3. The van der Waals surface area contributed by atoms with E-state index in [1.807, 2.05) is 21.9 Å². The second-order valence-corrected chi connectivity index (χ2v) is 8.70. The molecule has 4 rings (SSSR count). The van der Waals surface area contributed by atoms with E-state index in [4.69, 9.17) is 11.6 Å². The van der Waals surface area contributed by atoms with Gasteiger partial charge in [0.1, 0.15) is 6.04 Å². The average Bonchev–Trinajstić information content (AvgIpc) is 3.24. The Labute approximate surface area is 160 Å². The number of carbonyl (C=O) groups excluding carboxylic acids is 2. The van der Waals surface area contributed by atoms with Crippen molar-refractivity contribution in [1.82, 2.24) is 9.80 Å². The van der Waals surface area contributed by atoms with Gasteiger partial charge in [-0.25, -0.2) is 0 Å². The summed E-state index contributed by atoms with van der Waals surface area (Å²) >= 11 is 6.11. The quantitative estimate of drug-likeness (QED) is 0.785. The summed E-state index contributed by atoms with van der Waals surface area (Å²) in [4.78, 5) is 30.5. The van der Waals surface area contributed by atoms with Crippen LogP contribution in [0.15, 0.2) is 24.3 Å². The number of nitrogens with zero attached hydrogens (tertiary/aromatic N) is 2. The smallest absolute Gasteiger partial charge is 0.254 e. The van der Waals surface area contributed by atoms with Crippen LogP contribution in [0, 0.1) is 11.8 Å². The van der Waals surface area contributed by atoms with Gasteiger partial charge in [-0.1, -0.05) is 37.4 Å². The Kier molecular flexibility index (Phi) is 4.96. The van der Waals surface area contributed by atoms with Crippen molar-refractivity contribution < 1.29 is 9.59 Å². The lowest BCUT2D eigenvalue weighted by Gasteiger charge is -2.34. The van der Waals surface area contributed by atoms with Crippen LogP contribution in [0.4, 0.5) is 0 Å². The molecule has 4 unspecified atom stereocenters. The molecule has 140 valence electrons. The molecule has 0 N–H and O–H groups in total. The summed E-state index contributed by atoms with van der Waals surface area (Å²) in [6.07, 6.45) is 6.37. The number of hydrogen-bond acceptors (Lipinski definition) is 2. The van der Waals surface area contributed by atoms with Crippen molar-refractivity contribution in [3.8, 4) is 0 Å². The van der Waals surface area contributed by atoms with Gasteiger partial charge in [-0.2, -0.15) is 0 Å². The lowest BCUT2D eigenvalue weighted by Crippen LogP contribution is -2.50. The molecule has 1 saturated carbocycles. The zero-order valence-electron chi connectivity index (χ0n) is 15.4. The van der Waals surface area contributed by atoms with E-state index in [-0.39, 0.29) is 23.9 Å². The standard InChI is InChI=1S/C21H27ClN2O2/c1-14-9-10-23(13-14)21(26)19-12-15-5-2-3-8-18(15)24(19)20(25)16-6-4-7-17(22)11-16/h4,6-7,11,14-15,18-19H,2-3,5,8-10,12-13H2,1H3. The molecule has 4 nitrogen and oxygen atoms in total. The number of benzene rings is 1. The lowest BCUT2D eigenvalue weighted by atomic mass is 9.84. The molecule has 0 bridgehead atoms. The van der Waals surface area contributed by atoms with Gasteiger partial charge in [0.05, 0.1) is 0 Å². The second kappa shape index (κ2) is 7.22. The van der Waals surface area contributed by atoms with Crippen LogP contribution in [0.1, 0.15) is 55.8 Å². The maximum Gasteiger partial charge on any atom is 0.254 e. The van der Waals surface area contributed by atoms with E-state index in [2.05, 4.69) is 6.92 Å². The number of halogens is 1. The van der Waals surface area contributed by atoms with Crippen molar-refractivity contribution in [2.45, 2.75) is 57.5 Å². The fourth-order valence-electron chi connectivity index (χ4n) is 5.09. The molecule has 1 aliphatic carbocycles. The monoisotopic (exact) mass is 374 g/mol. The molecule has 0 spiro atoms. The Hall–Kier alpha value is -1.55. The number of rotatable bonds is 2. The van der Waals surface area contributed by atoms with Gasteiger partial charge in [0.15, 0.2) is 0 Å². The summed E-state index contributed by atoms with van der Waals surface area (Å²) in [5, 5.41) is 0.562. The van der Waals surface area contributed by atoms with Gasteiger partial charge in [0, 0.05) is 29.7 Å². The maximum atomic E-state index is 13.3. The Morgan fingerprint density at radius 3 is 2.69 bits per heavy atom. The van der Waals surface area contributed by atoms with Crippen LogP contribution in [0.2, 0.25) is 5.02 Å². The molecular formula is C21H27ClN2O2. The fourth-order valence-corrected chi connectivity index (χ4v) is 5.28. The van der Waals surface area contributed by atoms with Crippen LogP contribution in [0.25, 0.3) is 0 Å². The molecule has 3 fully saturated rings. The predicted octanol–water partition coefficient (Wildman–Crippen LogP) is 3.98. The summed E-state index contributed by atoms with van der Waals surface area (Å²) < 4.78 is 0. The van der Waals surface area contributed by atoms with Gasteiger partial charge in [-0.3, -0.25) is 9.59 Å². The molecule has 26 heavy (non-hydrogen) atoms. The molecule has 3 aliphatic rings. The first-order valence-electron chi connectivity index (χ1n) is 9.91. The van der Waals surface area contributed by atoms with Crippen LogP contribution < -0.4 is 0 Å². The Bertz CT molecular complexity index is 707. The first-order chi connectivity index (χ1) is 12.5. The number of hydrogen-bond donors (Lipinski definition) is 0. The van der Waals surface area contributed by atoms with Crippen molar-refractivity contribution in [2.75, 3.05) is 13.1 Å². The van der Waals surface area contributed by atoms with Gasteiger partial charge in [0.25, 0.3) is 5.91 Å². The molecule has 0 aromatic heterocycles. The Morgan fingerprint density at radius 2 is 1.96 bits per heavy atom. The third kappa shape index (κ3) is 3.24. The minimum Gasteiger partial charge on any atom is -0.341 e. The summed E-state index contributed by atoms with van der Waals surface area (Å²) in [5.74, 6) is 1.13. The van der Waals surface area contributed by atoms with Gasteiger partial charge >= 0.3 is 0 Å². The number of likely N-dealkylation sites (tertiary alicyclic amines) is 2. The highest BCUT2D eigenvalue weighted by atomic mass is 35.5.